The van der Waals surface area contributed by atoms with Gasteiger partial charge in [-0.2, -0.15) is 0 Å². The van der Waals surface area contributed by atoms with Crippen molar-refractivity contribution in [3.63, 3.8) is 0 Å². The highest BCUT2D eigenvalue weighted by Crippen LogP contribution is 2.30. The molecule has 2 heterocycles. The summed E-state index contributed by atoms with van der Waals surface area (Å²) < 4.78 is 13.9. The van der Waals surface area contributed by atoms with Gasteiger partial charge in [-0.05, 0) is 24.5 Å². The summed E-state index contributed by atoms with van der Waals surface area (Å²) in [7, 11) is 0. The van der Waals surface area contributed by atoms with E-state index < -0.39 is 0 Å². The van der Waals surface area contributed by atoms with Gasteiger partial charge in [-0.1, -0.05) is 49.8 Å². The fourth-order valence-corrected chi connectivity index (χ4v) is 4.03. The zero-order valence-corrected chi connectivity index (χ0v) is 15.4. The molecule has 0 radical (unpaired) electrons. The van der Waals surface area contributed by atoms with E-state index in [-0.39, 0.29) is 17.8 Å². The first-order chi connectivity index (χ1) is 12.1. The largest absolute Gasteiger partial charge is 0.324 e. The Morgan fingerprint density at radius 3 is 3.00 bits per heavy atom. The van der Waals surface area contributed by atoms with Crippen LogP contribution in [0.4, 0.5) is 14.3 Å². The van der Waals surface area contributed by atoms with Gasteiger partial charge in [0.2, 0.25) is 5.13 Å². The summed E-state index contributed by atoms with van der Waals surface area (Å²) >= 11 is 1.43. The number of hydrogen-bond donors (Lipinski definition) is 1. The maximum Gasteiger partial charge on any atom is 0.323 e. The highest BCUT2D eigenvalue weighted by atomic mass is 32.1. The normalized spacial score (nSPS) is 18.4. The van der Waals surface area contributed by atoms with Gasteiger partial charge in [0.15, 0.2) is 0 Å². The number of nitrogens with one attached hydrogen (secondary N) is 1. The van der Waals surface area contributed by atoms with Crippen molar-refractivity contribution >= 4 is 22.5 Å². The van der Waals surface area contributed by atoms with E-state index in [1.807, 2.05) is 6.07 Å². The van der Waals surface area contributed by atoms with Gasteiger partial charge < -0.3 is 4.90 Å². The summed E-state index contributed by atoms with van der Waals surface area (Å²) in [5, 5.41) is 12.5. The summed E-state index contributed by atoms with van der Waals surface area (Å²) in [6.45, 7) is 5.39. The SMILES string of the molecule is CCC[C@@H](C)c1nnc(NC(=O)N2CC[C@H](c3ccccc3F)C2)s1. The Hall–Kier alpha value is -2.02. The molecule has 25 heavy (non-hydrogen) atoms. The predicted octanol–water partition coefficient (Wildman–Crippen LogP) is 4.60. The molecule has 134 valence electrons. The van der Waals surface area contributed by atoms with Crippen LogP contribution in [0.15, 0.2) is 24.3 Å². The molecule has 1 aromatic heterocycles. The summed E-state index contributed by atoms with van der Waals surface area (Å²) in [5.74, 6) is 0.195. The molecule has 1 N–H and O–H groups in total. The van der Waals surface area contributed by atoms with Crippen molar-refractivity contribution in [1.29, 1.82) is 0 Å². The summed E-state index contributed by atoms with van der Waals surface area (Å²) in [5.41, 5.74) is 0.685. The van der Waals surface area contributed by atoms with Crippen LogP contribution in [0.1, 0.15) is 55.5 Å². The molecule has 0 bridgehead atoms. The van der Waals surface area contributed by atoms with Gasteiger partial charge in [-0.15, -0.1) is 10.2 Å². The minimum Gasteiger partial charge on any atom is -0.324 e. The Balaban J connectivity index is 1.59. The molecule has 1 aliphatic heterocycles. The van der Waals surface area contributed by atoms with Crippen LogP contribution in [-0.2, 0) is 0 Å². The van der Waals surface area contributed by atoms with Crippen molar-refractivity contribution in [2.75, 3.05) is 18.4 Å². The number of carbonyl (C=O) groups excluding carboxylic acids is 1. The number of nitrogens with zero attached hydrogens (tertiary/aromatic N) is 3. The lowest BCUT2D eigenvalue weighted by molar-refractivity contribution is 0.222. The number of amides is 2. The van der Waals surface area contributed by atoms with E-state index in [2.05, 4.69) is 29.4 Å². The van der Waals surface area contributed by atoms with E-state index in [4.69, 9.17) is 0 Å². The Kier molecular flexibility index (Phi) is 5.63. The standard InChI is InChI=1S/C18H23FN4OS/c1-3-6-12(2)16-21-22-17(25-16)20-18(24)23-10-9-13(11-23)14-7-4-5-8-15(14)19/h4-5,7-8,12-13H,3,6,9-11H2,1-2H3,(H,20,22,24)/t12-,13+/m1/s1. The molecule has 0 unspecified atom stereocenters. The van der Waals surface area contributed by atoms with Crippen molar-refractivity contribution in [3.05, 3.63) is 40.7 Å². The first-order valence-electron chi connectivity index (χ1n) is 8.72. The molecule has 0 aliphatic carbocycles. The minimum absolute atomic E-state index is 0.0431. The molecular weight excluding hydrogens is 339 g/mol. The van der Waals surface area contributed by atoms with Crippen molar-refractivity contribution in [1.82, 2.24) is 15.1 Å². The molecule has 2 amide bonds. The average Bonchev–Trinajstić information content (AvgIpc) is 3.25. The maximum atomic E-state index is 13.9. The van der Waals surface area contributed by atoms with Gasteiger partial charge in [-0.25, -0.2) is 9.18 Å². The lowest BCUT2D eigenvalue weighted by Gasteiger charge is -2.16. The highest BCUT2D eigenvalue weighted by Gasteiger charge is 2.29. The predicted molar refractivity (Wildman–Crippen MR) is 97.6 cm³/mol. The van der Waals surface area contributed by atoms with Crippen LogP contribution in [0, 0.1) is 5.82 Å². The molecule has 1 saturated heterocycles. The smallest absolute Gasteiger partial charge is 0.323 e. The summed E-state index contributed by atoms with van der Waals surface area (Å²) in [6.07, 6.45) is 2.91. The van der Waals surface area contributed by atoms with Crippen LogP contribution in [-0.4, -0.2) is 34.2 Å². The van der Waals surface area contributed by atoms with Crippen LogP contribution in [0.5, 0.6) is 0 Å². The van der Waals surface area contributed by atoms with Gasteiger partial charge in [0, 0.05) is 24.9 Å². The van der Waals surface area contributed by atoms with Crippen LogP contribution in [0.2, 0.25) is 0 Å². The molecule has 0 spiro atoms. The number of urea groups is 1. The summed E-state index contributed by atoms with van der Waals surface area (Å²) in [4.78, 5) is 14.2. The molecule has 5 nitrogen and oxygen atoms in total. The van der Waals surface area contributed by atoms with Crippen molar-refractivity contribution in [2.45, 2.75) is 44.9 Å². The lowest BCUT2D eigenvalue weighted by atomic mass is 9.98. The highest BCUT2D eigenvalue weighted by molar-refractivity contribution is 7.15. The molecule has 1 aliphatic rings. The molecule has 0 saturated carbocycles. The van der Waals surface area contributed by atoms with E-state index in [9.17, 15) is 9.18 Å². The maximum absolute atomic E-state index is 13.9. The third-order valence-corrected chi connectivity index (χ3v) is 5.69. The Morgan fingerprint density at radius 1 is 1.44 bits per heavy atom. The molecule has 3 rings (SSSR count). The third kappa shape index (κ3) is 4.15. The number of hydrogen-bond acceptors (Lipinski definition) is 4. The second-order valence-corrected chi connectivity index (χ2v) is 7.53. The van der Waals surface area contributed by atoms with Crippen molar-refractivity contribution < 1.29 is 9.18 Å². The molecule has 2 atom stereocenters. The first-order valence-corrected chi connectivity index (χ1v) is 9.54. The van der Waals surface area contributed by atoms with Gasteiger partial charge in [-0.3, -0.25) is 5.32 Å². The van der Waals surface area contributed by atoms with Crippen LogP contribution in [0.3, 0.4) is 0 Å². The quantitative estimate of drug-likeness (QED) is 0.845. The molecule has 1 aromatic carbocycles. The van der Waals surface area contributed by atoms with E-state index in [1.54, 1.807) is 17.0 Å². The molecule has 1 fully saturated rings. The van der Waals surface area contributed by atoms with E-state index in [0.29, 0.717) is 29.7 Å². The van der Waals surface area contributed by atoms with Gasteiger partial charge in [0.1, 0.15) is 10.8 Å². The lowest BCUT2D eigenvalue weighted by Crippen LogP contribution is -2.32. The van der Waals surface area contributed by atoms with Crippen molar-refractivity contribution in [2.24, 2.45) is 0 Å². The number of anilines is 1. The Morgan fingerprint density at radius 2 is 2.24 bits per heavy atom. The minimum atomic E-state index is -0.201. The number of rotatable bonds is 5. The van der Waals surface area contributed by atoms with Gasteiger partial charge in [0.25, 0.3) is 0 Å². The van der Waals surface area contributed by atoms with E-state index in [0.717, 1.165) is 24.3 Å². The fourth-order valence-electron chi connectivity index (χ4n) is 3.22. The third-order valence-electron chi connectivity index (χ3n) is 4.62. The van der Waals surface area contributed by atoms with Gasteiger partial charge >= 0.3 is 6.03 Å². The first kappa shape index (κ1) is 17.8. The zero-order chi connectivity index (χ0) is 17.8. The number of aromatic nitrogens is 2. The van der Waals surface area contributed by atoms with E-state index in [1.165, 1.54) is 17.4 Å². The molecule has 2 aromatic rings. The number of halogens is 1. The molecular formula is C18H23FN4OS. The number of carbonyl (C=O) groups is 1. The van der Waals surface area contributed by atoms with Crippen LogP contribution < -0.4 is 5.32 Å². The second kappa shape index (κ2) is 7.91. The molecule has 7 heteroatoms. The monoisotopic (exact) mass is 362 g/mol. The second-order valence-electron chi connectivity index (χ2n) is 6.52. The van der Waals surface area contributed by atoms with Crippen LogP contribution >= 0.6 is 11.3 Å². The van der Waals surface area contributed by atoms with E-state index >= 15 is 0 Å². The number of likely N-dealkylation sites (tertiary alicyclic amines) is 1. The average molecular weight is 362 g/mol. The topological polar surface area (TPSA) is 58.1 Å². The Labute approximate surface area is 151 Å². The Bertz CT molecular complexity index is 735. The van der Waals surface area contributed by atoms with Crippen LogP contribution in [0.25, 0.3) is 0 Å². The number of benzene rings is 1. The zero-order valence-electron chi connectivity index (χ0n) is 14.5. The fraction of sp³-hybridized carbons (Fsp3) is 0.500. The van der Waals surface area contributed by atoms with Gasteiger partial charge in [0.05, 0.1) is 0 Å². The summed E-state index contributed by atoms with van der Waals surface area (Å²) in [6, 6.07) is 6.60. The van der Waals surface area contributed by atoms with Crippen molar-refractivity contribution in [3.8, 4) is 0 Å².